The smallest absolute Gasteiger partial charge is 0.410 e. The van der Waals surface area contributed by atoms with Gasteiger partial charge in [0.2, 0.25) is 0 Å². The van der Waals surface area contributed by atoms with E-state index in [0.29, 0.717) is 31.4 Å². The molecule has 198 valence electrons. The van der Waals surface area contributed by atoms with E-state index in [9.17, 15) is 4.79 Å². The third kappa shape index (κ3) is 5.74. The highest BCUT2D eigenvalue weighted by Gasteiger charge is 2.36. The number of nitrogens with zero attached hydrogens (tertiary/aromatic N) is 1. The molecule has 2 atom stereocenters. The molecule has 0 aliphatic carbocycles. The molecule has 0 spiro atoms. The summed E-state index contributed by atoms with van der Waals surface area (Å²) in [6, 6.07) is 13.5. The lowest BCUT2D eigenvalue weighted by Crippen LogP contribution is -2.41. The summed E-state index contributed by atoms with van der Waals surface area (Å²) in [6.45, 7) is 9.98. The lowest BCUT2D eigenvalue weighted by Gasteiger charge is -2.35. The number of halogens is 1. The van der Waals surface area contributed by atoms with E-state index in [1.807, 2.05) is 75.1 Å². The summed E-state index contributed by atoms with van der Waals surface area (Å²) in [5, 5.41) is 1.80. The van der Waals surface area contributed by atoms with Crippen LogP contribution in [0.4, 0.5) is 4.79 Å². The minimum absolute atomic E-state index is 0.0378. The molecule has 0 saturated carbocycles. The zero-order chi connectivity index (χ0) is 26.2. The number of ether oxygens (including phenoxy) is 4. The molecule has 7 nitrogen and oxygen atoms in total. The highest BCUT2D eigenvalue weighted by Crippen LogP contribution is 2.40. The SMILES string of the molecule is CC(C)COC(=O)N1CCc2c([nH]c3ccc(Cl)cc23)C1c1ccc(OCC[C@H]2COC(C)(C)O2)cc1. The predicted octanol–water partition coefficient (Wildman–Crippen LogP) is 6.48. The van der Waals surface area contributed by atoms with E-state index in [1.165, 1.54) is 5.56 Å². The summed E-state index contributed by atoms with van der Waals surface area (Å²) in [6.07, 6.45) is 1.22. The summed E-state index contributed by atoms with van der Waals surface area (Å²) in [5.74, 6) is 0.512. The molecule has 1 amide bonds. The third-order valence-corrected chi connectivity index (χ3v) is 7.07. The average molecular weight is 527 g/mol. The lowest BCUT2D eigenvalue weighted by molar-refractivity contribution is -0.139. The third-order valence-electron chi connectivity index (χ3n) is 6.84. The van der Waals surface area contributed by atoms with Crippen molar-refractivity contribution in [1.82, 2.24) is 9.88 Å². The Bertz CT molecular complexity index is 1250. The zero-order valence-electron chi connectivity index (χ0n) is 21.9. The highest BCUT2D eigenvalue weighted by atomic mass is 35.5. The average Bonchev–Trinajstić information content (AvgIpc) is 3.41. The largest absolute Gasteiger partial charge is 0.493 e. The van der Waals surface area contributed by atoms with Crippen molar-refractivity contribution in [3.05, 3.63) is 64.3 Å². The van der Waals surface area contributed by atoms with Crippen LogP contribution in [0.25, 0.3) is 10.9 Å². The lowest BCUT2D eigenvalue weighted by atomic mass is 9.92. The zero-order valence-corrected chi connectivity index (χ0v) is 22.6. The Kier molecular flexibility index (Phi) is 7.39. The van der Waals surface area contributed by atoms with E-state index in [1.54, 1.807) is 0 Å². The molecule has 37 heavy (non-hydrogen) atoms. The molecule has 0 bridgehead atoms. The number of aromatic amines is 1. The van der Waals surface area contributed by atoms with E-state index in [2.05, 4.69) is 4.98 Å². The van der Waals surface area contributed by atoms with Gasteiger partial charge in [0.25, 0.3) is 0 Å². The van der Waals surface area contributed by atoms with Gasteiger partial charge in [-0.1, -0.05) is 37.6 Å². The normalized spacial score (nSPS) is 20.9. The summed E-state index contributed by atoms with van der Waals surface area (Å²) in [4.78, 5) is 18.5. The first-order valence-electron chi connectivity index (χ1n) is 13.0. The Labute approximate surface area is 223 Å². The van der Waals surface area contributed by atoms with Gasteiger partial charge in [0.05, 0.1) is 25.9 Å². The van der Waals surface area contributed by atoms with E-state index in [4.69, 9.17) is 30.5 Å². The second kappa shape index (κ2) is 10.6. The topological polar surface area (TPSA) is 73.0 Å². The molecular weight excluding hydrogens is 492 g/mol. The second-order valence-corrected chi connectivity index (χ2v) is 11.1. The van der Waals surface area contributed by atoms with Crippen LogP contribution in [-0.4, -0.2) is 54.2 Å². The van der Waals surface area contributed by atoms with Crippen LogP contribution in [0.15, 0.2) is 42.5 Å². The quantitative estimate of drug-likeness (QED) is 0.381. The van der Waals surface area contributed by atoms with Crippen LogP contribution in [0.5, 0.6) is 5.75 Å². The number of rotatable bonds is 7. The summed E-state index contributed by atoms with van der Waals surface area (Å²) >= 11 is 6.31. The maximum atomic E-state index is 13.2. The summed E-state index contributed by atoms with van der Waals surface area (Å²) in [7, 11) is 0. The van der Waals surface area contributed by atoms with Crippen LogP contribution >= 0.6 is 11.6 Å². The highest BCUT2D eigenvalue weighted by molar-refractivity contribution is 6.31. The fourth-order valence-corrected chi connectivity index (χ4v) is 5.26. The molecule has 2 aliphatic rings. The standard InChI is InChI=1S/C29H35ClN2O5/c1-18(2)16-35-28(33)32-13-11-23-24-15-20(30)7-10-25(24)31-26(23)27(32)19-5-8-21(9-6-19)34-14-12-22-17-36-29(3,4)37-22/h5-10,15,18,22,27,31H,11-14,16-17H2,1-4H3/t22-,27?/m0/s1. The number of fused-ring (bicyclic) bond motifs is 3. The number of aromatic nitrogens is 1. The Morgan fingerprint density at radius 2 is 2.00 bits per heavy atom. The maximum absolute atomic E-state index is 13.2. The van der Waals surface area contributed by atoms with Gasteiger partial charge < -0.3 is 23.9 Å². The van der Waals surface area contributed by atoms with Crippen molar-refractivity contribution in [2.45, 2.75) is 58.5 Å². The fourth-order valence-electron chi connectivity index (χ4n) is 5.08. The molecule has 2 aliphatic heterocycles. The van der Waals surface area contributed by atoms with Crippen LogP contribution in [0, 0.1) is 5.92 Å². The number of benzene rings is 2. The number of carbonyl (C=O) groups excluding carboxylic acids is 1. The van der Waals surface area contributed by atoms with Gasteiger partial charge in [0.15, 0.2) is 5.79 Å². The van der Waals surface area contributed by atoms with Crippen LogP contribution < -0.4 is 4.74 Å². The molecule has 1 N–H and O–H groups in total. The number of carbonyl (C=O) groups is 1. The minimum Gasteiger partial charge on any atom is -0.493 e. The molecule has 0 radical (unpaired) electrons. The van der Waals surface area contributed by atoms with Gasteiger partial charge in [-0.3, -0.25) is 4.90 Å². The number of hydrogen-bond acceptors (Lipinski definition) is 5. The molecule has 1 aromatic heterocycles. The number of H-pyrrole nitrogens is 1. The first kappa shape index (κ1) is 25.9. The van der Waals surface area contributed by atoms with E-state index < -0.39 is 5.79 Å². The van der Waals surface area contributed by atoms with E-state index in [0.717, 1.165) is 40.8 Å². The van der Waals surface area contributed by atoms with Crippen molar-refractivity contribution in [1.29, 1.82) is 0 Å². The van der Waals surface area contributed by atoms with Crippen molar-refractivity contribution in [2.24, 2.45) is 5.92 Å². The van der Waals surface area contributed by atoms with E-state index >= 15 is 0 Å². The van der Waals surface area contributed by atoms with Crippen molar-refractivity contribution in [2.75, 3.05) is 26.4 Å². The van der Waals surface area contributed by atoms with Crippen LogP contribution in [0.2, 0.25) is 5.02 Å². The van der Waals surface area contributed by atoms with Gasteiger partial charge >= 0.3 is 6.09 Å². The molecular formula is C29H35ClN2O5. The van der Waals surface area contributed by atoms with Crippen molar-refractivity contribution in [3.63, 3.8) is 0 Å². The van der Waals surface area contributed by atoms with Crippen molar-refractivity contribution in [3.8, 4) is 5.75 Å². The fraction of sp³-hybridized carbons (Fsp3) is 0.483. The molecule has 8 heteroatoms. The molecule has 3 heterocycles. The van der Waals surface area contributed by atoms with Crippen LogP contribution in [-0.2, 0) is 20.6 Å². The Morgan fingerprint density at radius 1 is 1.22 bits per heavy atom. The first-order chi connectivity index (χ1) is 17.7. The predicted molar refractivity (Wildman–Crippen MR) is 143 cm³/mol. The number of amides is 1. The molecule has 3 aromatic rings. The minimum atomic E-state index is -0.526. The summed E-state index contributed by atoms with van der Waals surface area (Å²) in [5.41, 5.74) is 4.19. The van der Waals surface area contributed by atoms with Crippen LogP contribution in [0.3, 0.4) is 0 Å². The Morgan fingerprint density at radius 3 is 2.70 bits per heavy atom. The van der Waals surface area contributed by atoms with Gasteiger partial charge in [-0.15, -0.1) is 0 Å². The van der Waals surface area contributed by atoms with Gasteiger partial charge in [-0.2, -0.15) is 0 Å². The van der Waals surface area contributed by atoms with E-state index in [-0.39, 0.29) is 24.2 Å². The monoisotopic (exact) mass is 526 g/mol. The first-order valence-corrected chi connectivity index (χ1v) is 13.4. The molecule has 1 saturated heterocycles. The molecule has 5 rings (SSSR count). The number of hydrogen-bond donors (Lipinski definition) is 1. The molecule has 1 unspecified atom stereocenters. The second-order valence-electron chi connectivity index (χ2n) is 10.7. The van der Waals surface area contributed by atoms with Gasteiger partial charge in [0, 0.05) is 34.6 Å². The van der Waals surface area contributed by atoms with Crippen molar-refractivity contribution >= 4 is 28.6 Å². The van der Waals surface area contributed by atoms with Crippen LogP contribution in [0.1, 0.15) is 57.0 Å². The molecule has 1 fully saturated rings. The maximum Gasteiger partial charge on any atom is 0.410 e. The Balaban J connectivity index is 1.37. The molecule has 2 aromatic carbocycles. The van der Waals surface area contributed by atoms with Gasteiger partial charge in [-0.05, 0) is 67.6 Å². The summed E-state index contributed by atoms with van der Waals surface area (Å²) < 4.78 is 23.1. The van der Waals surface area contributed by atoms with Gasteiger partial charge in [-0.25, -0.2) is 4.79 Å². The number of nitrogens with one attached hydrogen (secondary N) is 1. The van der Waals surface area contributed by atoms with Crippen molar-refractivity contribution < 1.29 is 23.7 Å². The Hall–Kier alpha value is -2.74. The van der Waals surface area contributed by atoms with Gasteiger partial charge in [0.1, 0.15) is 11.8 Å².